The van der Waals surface area contributed by atoms with Gasteiger partial charge in [-0.15, -0.1) is 0 Å². The van der Waals surface area contributed by atoms with Gasteiger partial charge in [-0.25, -0.2) is 0 Å². The lowest BCUT2D eigenvalue weighted by atomic mass is 10.0. The van der Waals surface area contributed by atoms with Gasteiger partial charge >= 0.3 is 5.97 Å². The number of aromatic nitrogens is 1. The molecule has 3 aromatic rings. The minimum absolute atomic E-state index is 0.0323. The molecule has 156 valence electrons. The maximum Gasteiger partial charge on any atom is 0.308 e. The van der Waals surface area contributed by atoms with E-state index in [1.165, 1.54) is 18.3 Å². The largest absolute Gasteiger partial charge is 0.463 e. The molecule has 1 heterocycles. The van der Waals surface area contributed by atoms with Gasteiger partial charge in [0.05, 0.1) is 29.1 Å². The maximum atomic E-state index is 13.0. The van der Waals surface area contributed by atoms with Gasteiger partial charge in [0.2, 0.25) is 0 Å². The highest BCUT2D eigenvalue weighted by atomic mass is 16.6. The molecule has 0 radical (unpaired) electrons. The summed E-state index contributed by atoms with van der Waals surface area (Å²) in [4.78, 5) is 38.8. The van der Waals surface area contributed by atoms with E-state index in [0.717, 1.165) is 11.1 Å². The summed E-state index contributed by atoms with van der Waals surface area (Å²) in [5.74, 6) is -0.866. The lowest BCUT2D eigenvalue weighted by Gasteiger charge is -2.19. The molecule has 0 aliphatic carbocycles. The van der Waals surface area contributed by atoms with Gasteiger partial charge in [0.15, 0.2) is 0 Å². The number of nitro benzene ring substituents is 1. The predicted octanol–water partition coefficient (Wildman–Crippen LogP) is 4.20. The average molecular weight is 409 g/mol. The molecule has 0 aliphatic heterocycles. The Labute approximate surface area is 173 Å². The fourth-order valence-electron chi connectivity index (χ4n) is 3.17. The molecule has 2 aromatic carbocycles. The van der Waals surface area contributed by atoms with Gasteiger partial charge in [-0.2, -0.15) is 0 Å². The summed E-state index contributed by atoms with van der Waals surface area (Å²) in [6, 6.07) is 11.2. The molecular weight excluding hydrogens is 386 g/mol. The summed E-state index contributed by atoms with van der Waals surface area (Å²) in [7, 11) is 0. The highest BCUT2D eigenvalue weighted by molar-refractivity contribution is 6.07. The van der Waals surface area contributed by atoms with Crippen molar-refractivity contribution in [3.63, 3.8) is 0 Å². The van der Waals surface area contributed by atoms with Crippen LogP contribution in [-0.2, 0) is 9.53 Å². The molecule has 1 atom stereocenters. The average Bonchev–Trinajstić information content (AvgIpc) is 3.10. The zero-order valence-corrected chi connectivity index (χ0v) is 17.0. The number of aromatic amines is 1. The summed E-state index contributed by atoms with van der Waals surface area (Å²) in [6.07, 6.45) is 1.21. The van der Waals surface area contributed by atoms with Gasteiger partial charge < -0.3 is 15.0 Å². The third-order valence-electron chi connectivity index (χ3n) is 4.64. The third kappa shape index (κ3) is 4.83. The second-order valence-electron chi connectivity index (χ2n) is 7.37. The summed E-state index contributed by atoms with van der Waals surface area (Å²) in [5, 5.41) is 14.4. The van der Waals surface area contributed by atoms with Crippen LogP contribution in [0.1, 0.15) is 47.8 Å². The first-order valence-electron chi connectivity index (χ1n) is 9.57. The van der Waals surface area contributed by atoms with E-state index in [0.29, 0.717) is 10.9 Å². The highest BCUT2D eigenvalue weighted by Crippen LogP contribution is 2.25. The number of fused-ring (bicyclic) bond motifs is 1. The second kappa shape index (κ2) is 8.77. The minimum atomic E-state index is -0.604. The van der Waals surface area contributed by atoms with Crippen LogP contribution in [0.4, 0.5) is 5.69 Å². The molecule has 0 spiro atoms. The molecule has 1 aromatic heterocycles. The van der Waals surface area contributed by atoms with Gasteiger partial charge in [-0.05, 0) is 32.4 Å². The molecule has 2 N–H and O–H groups in total. The van der Waals surface area contributed by atoms with Crippen molar-refractivity contribution in [1.82, 2.24) is 10.3 Å². The van der Waals surface area contributed by atoms with E-state index in [4.69, 9.17) is 4.74 Å². The van der Waals surface area contributed by atoms with Crippen LogP contribution in [0, 0.1) is 17.0 Å². The summed E-state index contributed by atoms with van der Waals surface area (Å²) >= 11 is 0. The zero-order valence-electron chi connectivity index (χ0n) is 17.0. The van der Waals surface area contributed by atoms with Crippen LogP contribution in [0.2, 0.25) is 0 Å². The Balaban J connectivity index is 1.89. The van der Waals surface area contributed by atoms with E-state index >= 15 is 0 Å². The minimum Gasteiger partial charge on any atom is -0.463 e. The zero-order chi connectivity index (χ0) is 21.8. The van der Waals surface area contributed by atoms with E-state index in [2.05, 4.69) is 10.3 Å². The molecule has 0 saturated heterocycles. The first-order chi connectivity index (χ1) is 14.2. The van der Waals surface area contributed by atoms with Crippen molar-refractivity contribution in [2.75, 3.05) is 0 Å². The number of nitrogens with one attached hydrogen (secondary N) is 2. The Hall–Kier alpha value is -3.68. The fourth-order valence-corrected chi connectivity index (χ4v) is 3.17. The standard InChI is InChI=1S/C22H23N3O5/c1-13(2)30-21(26)11-20(15-6-4-14(3)5-7-15)24-22(27)18-12-23-19-9-8-16(25(28)29)10-17(18)19/h4-10,12-13,20,23H,11H2,1-3H3,(H,24,27). The Bertz CT molecular complexity index is 1090. The molecule has 30 heavy (non-hydrogen) atoms. The number of carbonyl (C=O) groups is 2. The van der Waals surface area contributed by atoms with E-state index in [1.54, 1.807) is 19.9 Å². The van der Waals surface area contributed by atoms with Gasteiger partial charge in [-0.3, -0.25) is 19.7 Å². The van der Waals surface area contributed by atoms with Crippen molar-refractivity contribution in [2.45, 2.75) is 39.3 Å². The van der Waals surface area contributed by atoms with Crippen molar-refractivity contribution >= 4 is 28.5 Å². The molecule has 0 saturated carbocycles. The molecule has 8 nitrogen and oxygen atoms in total. The molecular formula is C22H23N3O5. The Morgan fingerprint density at radius 3 is 2.50 bits per heavy atom. The number of hydrogen-bond acceptors (Lipinski definition) is 5. The lowest BCUT2D eigenvalue weighted by Crippen LogP contribution is -2.31. The number of nitrogens with zero attached hydrogens (tertiary/aromatic N) is 1. The van der Waals surface area contributed by atoms with Gasteiger partial charge in [0.1, 0.15) is 0 Å². The summed E-state index contributed by atoms with van der Waals surface area (Å²) in [5.41, 5.74) is 2.59. The number of H-pyrrole nitrogens is 1. The molecule has 8 heteroatoms. The molecule has 0 aliphatic rings. The van der Waals surface area contributed by atoms with Crippen molar-refractivity contribution in [3.05, 3.63) is 75.5 Å². The van der Waals surface area contributed by atoms with Crippen LogP contribution in [0.15, 0.2) is 48.7 Å². The number of non-ortho nitro benzene ring substituents is 1. The van der Waals surface area contributed by atoms with Crippen molar-refractivity contribution < 1.29 is 19.2 Å². The summed E-state index contributed by atoms with van der Waals surface area (Å²) in [6.45, 7) is 5.47. The van der Waals surface area contributed by atoms with Crippen LogP contribution in [-0.4, -0.2) is 27.9 Å². The number of ether oxygens (including phenoxy) is 1. The number of hydrogen-bond donors (Lipinski definition) is 2. The topological polar surface area (TPSA) is 114 Å². The normalized spacial score (nSPS) is 12.0. The quantitative estimate of drug-likeness (QED) is 0.345. The van der Waals surface area contributed by atoms with E-state index in [-0.39, 0.29) is 23.8 Å². The summed E-state index contributed by atoms with van der Waals surface area (Å²) < 4.78 is 5.24. The van der Waals surface area contributed by atoms with Gasteiger partial charge in [0.25, 0.3) is 11.6 Å². The number of rotatable bonds is 7. The van der Waals surface area contributed by atoms with E-state index in [1.807, 2.05) is 31.2 Å². The van der Waals surface area contributed by atoms with Gasteiger partial charge in [-0.1, -0.05) is 29.8 Å². The number of carbonyl (C=O) groups excluding carboxylic acids is 2. The first kappa shape index (κ1) is 21.0. The van der Waals surface area contributed by atoms with Crippen molar-refractivity contribution in [3.8, 4) is 0 Å². The van der Waals surface area contributed by atoms with Crippen LogP contribution < -0.4 is 5.32 Å². The smallest absolute Gasteiger partial charge is 0.308 e. The van der Waals surface area contributed by atoms with Crippen molar-refractivity contribution in [1.29, 1.82) is 0 Å². The third-order valence-corrected chi connectivity index (χ3v) is 4.64. The van der Waals surface area contributed by atoms with Crippen LogP contribution >= 0.6 is 0 Å². The number of aryl methyl sites for hydroxylation is 1. The number of benzene rings is 2. The maximum absolute atomic E-state index is 13.0. The Kier molecular flexibility index (Phi) is 6.15. The second-order valence-corrected chi connectivity index (χ2v) is 7.37. The van der Waals surface area contributed by atoms with Crippen LogP contribution in [0.3, 0.4) is 0 Å². The van der Waals surface area contributed by atoms with E-state index in [9.17, 15) is 19.7 Å². The van der Waals surface area contributed by atoms with Crippen molar-refractivity contribution in [2.24, 2.45) is 0 Å². The first-order valence-corrected chi connectivity index (χ1v) is 9.57. The van der Waals surface area contributed by atoms with Crippen LogP contribution in [0.25, 0.3) is 10.9 Å². The lowest BCUT2D eigenvalue weighted by molar-refractivity contribution is -0.384. The number of amides is 1. The Morgan fingerprint density at radius 1 is 1.17 bits per heavy atom. The molecule has 0 fully saturated rings. The predicted molar refractivity (Wildman–Crippen MR) is 112 cm³/mol. The molecule has 1 amide bonds. The SMILES string of the molecule is Cc1ccc(C(CC(=O)OC(C)C)NC(=O)c2c[nH]c3ccc([N+](=O)[O-])cc23)cc1. The number of esters is 1. The van der Waals surface area contributed by atoms with E-state index < -0.39 is 22.8 Å². The number of nitro groups is 1. The molecule has 3 rings (SSSR count). The molecule has 1 unspecified atom stereocenters. The Morgan fingerprint density at radius 2 is 1.87 bits per heavy atom. The monoisotopic (exact) mass is 409 g/mol. The highest BCUT2D eigenvalue weighted by Gasteiger charge is 2.23. The van der Waals surface area contributed by atoms with Crippen LogP contribution in [0.5, 0.6) is 0 Å². The molecule has 0 bridgehead atoms. The van der Waals surface area contributed by atoms with Gasteiger partial charge in [0, 0.05) is 29.2 Å². The fraction of sp³-hybridized carbons (Fsp3) is 0.273.